The van der Waals surface area contributed by atoms with Gasteiger partial charge in [0.15, 0.2) is 0 Å². The summed E-state index contributed by atoms with van der Waals surface area (Å²) in [7, 11) is 0. The van der Waals surface area contributed by atoms with E-state index in [1.807, 2.05) is 59.6 Å². The molecule has 0 N–H and O–H groups in total. The number of halogens is 1. The molecule has 0 aliphatic carbocycles. The normalized spacial score (nSPS) is 13.6. The van der Waals surface area contributed by atoms with Gasteiger partial charge in [0.05, 0.1) is 24.0 Å². The maximum Gasteiger partial charge on any atom is 0.231 e. The first kappa shape index (κ1) is 16.2. The average Bonchev–Trinajstić information content (AvgIpc) is 3.10. The fourth-order valence-electron chi connectivity index (χ4n) is 2.89. The molecule has 1 aliphatic rings. The van der Waals surface area contributed by atoms with Crippen molar-refractivity contribution >= 4 is 35.0 Å². The van der Waals surface area contributed by atoms with Gasteiger partial charge in [0.25, 0.3) is 0 Å². The molecule has 0 radical (unpaired) electrons. The van der Waals surface area contributed by atoms with Crippen LogP contribution in [0, 0.1) is 0 Å². The molecule has 25 heavy (non-hydrogen) atoms. The molecule has 126 valence electrons. The van der Waals surface area contributed by atoms with Crippen molar-refractivity contribution in [3.05, 3.63) is 71.5 Å². The number of para-hydroxylation sites is 1. The molecule has 1 aliphatic heterocycles. The number of aromatic nitrogens is 2. The number of carbonyl (C=O) groups excluding carboxylic acids is 1. The van der Waals surface area contributed by atoms with Crippen LogP contribution < -0.4 is 4.90 Å². The Hall–Kier alpha value is -2.24. The lowest BCUT2D eigenvalue weighted by Crippen LogP contribution is -2.36. The minimum absolute atomic E-state index is 0.0661. The number of nitrogens with zero attached hydrogens (tertiary/aromatic N) is 3. The summed E-state index contributed by atoms with van der Waals surface area (Å²) in [4.78, 5) is 15.8. The monoisotopic (exact) mass is 369 g/mol. The van der Waals surface area contributed by atoms with Crippen LogP contribution in [0.15, 0.2) is 65.8 Å². The summed E-state index contributed by atoms with van der Waals surface area (Å²) in [5, 5.41) is 5.01. The van der Waals surface area contributed by atoms with E-state index >= 15 is 0 Å². The average molecular weight is 370 g/mol. The lowest BCUT2D eigenvalue weighted by atomic mass is 10.2. The van der Waals surface area contributed by atoms with E-state index in [2.05, 4.69) is 5.10 Å². The fraction of sp³-hybridized carbons (Fsp3) is 0.158. The Labute approximate surface area is 155 Å². The Bertz CT molecular complexity index is 910. The predicted octanol–water partition coefficient (Wildman–Crippen LogP) is 4.21. The van der Waals surface area contributed by atoms with Gasteiger partial charge in [0, 0.05) is 28.4 Å². The van der Waals surface area contributed by atoms with Gasteiger partial charge in [0.2, 0.25) is 5.91 Å². The molecule has 1 amide bonds. The zero-order chi connectivity index (χ0) is 17.2. The summed E-state index contributed by atoms with van der Waals surface area (Å²) in [5.74, 6) is 0.959. The second-order valence-corrected chi connectivity index (χ2v) is 7.38. The molecule has 1 aromatic heterocycles. The first-order valence-electron chi connectivity index (χ1n) is 8.02. The lowest BCUT2D eigenvalue weighted by molar-refractivity contribution is -0.118. The van der Waals surface area contributed by atoms with Crippen LogP contribution in [-0.4, -0.2) is 28.0 Å². The number of benzene rings is 2. The third kappa shape index (κ3) is 3.43. The third-order valence-corrected chi connectivity index (χ3v) is 5.38. The highest BCUT2D eigenvalue weighted by molar-refractivity contribution is 7.99. The van der Waals surface area contributed by atoms with Gasteiger partial charge in [-0.05, 0) is 35.9 Å². The third-order valence-electron chi connectivity index (χ3n) is 4.10. The van der Waals surface area contributed by atoms with Gasteiger partial charge >= 0.3 is 0 Å². The molecule has 0 atom stereocenters. The Morgan fingerprint density at radius 2 is 2.04 bits per heavy atom. The largest absolute Gasteiger partial charge is 0.310 e. The van der Waals surface area contributed by atoms with Crippen LogP contribution in [0.25, 0.3) is 5.69 Å². The van der Waals surface area contributed by atoms with E-state index in [0.29, 0.717) is 18.0 Å². The van der Waals surface area contributed by atoms with Gasteiger partial charge in [-0.25, -0.2) is 4.68 Å². The summed E-state index contributed by atoms with van der Waals surface area (Å²) in [6, 6.07) is 15.6. The van der Waals surface area contributed by atoms with Crippen molar-refractivity contribution in [1.82, 2.24) is 9.78 Å². The van der Waals surface area contributed by atoms with E-state index in [9.17, 15) is 4.79 Å². The van der Waals surface area contributed by atoms with Gasteiger partial charge < -0.3 is 4.90 Å². The first-order valence-corrected chi connectivity index (χ1v) is 9.39. The molecule has 2 aromatic carbocycles. The summed E-state index contributed by atoms with van der Waals surface area (Å²) < 4.78 is 1.79. The van der Waals surface area contributed by atoms with Crippen molar-refractivity contribution in [3.63, 3.8) is 0 Å². The van der Waals surface area contributed by atoms with Crippen molar-refractivity contribution < 1.29 is 4.79 Å². The van der Waals surface area contributed by atoms with Crippen molar-refractivity contribution in [3.8, 4) is 5.69 Å². The molecule has 0 saturated heterocycles. The van der Waals surface area contributed by atoms with Gasteiger partial charge in [-0.1, -0.05) is 29.8 Å². The van der Waals surface area contributed by atoms with E-state index in [0.717, 1.165) is 27.6 Å². The number of thioether (sulfide) groups is 1. The van der Waals surface area contributed by atoms with E-state index in [1.54, 1.807) is 22.6 Å². The highest BCUT2D eigenvalue weighted by atomic mass is 35.5. The summed E-state index contributed by atoms with van der Waals surface area (Å²) in [5.41, 5.74) is 2.78. The highest BCUT2D eigenvalue weighted by Gasteiger charge is 2.23. The molecular weight excluding hydrogens is 354 g/mol. The van der Waals surface area contributed by atoms with E-state index in [4.69, 9.17) is 11.6 Å². The SMILES string of the molecule is O=C(Cc1cnn(-c2ccccc2)c1)N1CCSc2ccc(Cl)cc21. The number of fused-ring (bicyclic) bond motifs is 1. The number of anilines is 1. The Balaban J connectivity index is 1.54. The van der Waals surface area contributed by atoms with E-state index < -0.39 is 0 Å². The van der Waals surface area contributed by atoms with Crippen LogP contribution in [-0.2, 0) is 11.2 Å². The maximum absolute atomic E-state index is 12.8. The van der Waals surface area contributed by atoms with Gasteiger partial charge in [-0.2, -0.15) is 5.10 Å². The number of amides is 1. The second kappa shape index (κ2) is 6.94. The molecule has 6 heteroatoms. The van der Waals surface area contributed by atoms with Crippen molar-refractivity contribution in [2.75, 3.05) is 17.2 Å². The number of hydrogen-bond donors (Lipinski definition) is 0. The minimum Gasteiger partial charge on any atom is -0.310 e. The standard InChI is InChI=1S/C19H16ClN3OS/c20-15-6-7-18-17(11-15)22(8-9-25-18)19(24)10-14-12-21-23(13-14)16-4-2-1-3-5-16/h1-7,11-13H,8-10H2. The molecule has 0 spiro atoms. The summed E-state index contributed by atoms with van der Waals surface area (Å²) >= 11 is 7.87. The minimum atomic E-state index is 0.0661. The zero-order valence-corrected chi connectivity index (χ0v) is 15.0. The molecule has 0 saturated carbocycles. The van der Waals surface area contributed by atoms with E-state index in [1.165, 1.54) is 0 Å². The van der Waals surface area contributed by atoms with Crippen molar-refractivity contribution in [2.24, 2.45) is 0 Å². The lowest BCUT2D eigenvalue weighted by Gasteiger charge is -2.29. The quantitative estimate of drug-likeness (QED) is 0.694. The molecule has 0 fully saturated rings. The van der Waals surface area contributed by atoms with Crippen molar-refractivity contribution in [1.29, 1.82) is 0 Å². The first-order chi connectivity index (χ1) is 12.2. The van der Waals surface area contributed by atoms with Gasteiger partial charge in [-0.3, -0.25) is 4.79 Å². The topological polar surface area (TPSA) is 38.1 Å². The molecule has 0 bridgehead atoms. The Morgan fingerprint density at radius 3 is 2.88 bits per heavy atom. The smallest absolute Gasteiger partial charge is 0.231 e. The maximum atomic E-state index is 12.8. The molecule has 0 unspecified atom stereocenters. The Kier molecular flexibility index (Phi) is 4.51. The number of rotatable bonds is 3. The zero-order valence-electron chi connectivity index (χ0n) is 13.4. The second-order valence-electron chi connectivity index (χ2n) is 5.81. The molecule has 2 heterocycles. The molecule has 4 rings (SSSR count). The Morgan fingerprint density at radius 1 is 1.20 bits per heavy atom. The summed E-state index contributed by atoms with van der Waals surface area (Å²) in [6.07, 6.45) is 3.98. The summed E-state index contributed by atoms with van der Waals surface area (Å²) in [6.45, 7) is 0.698. The van der Waals surface area contributed by atoms with Crippen LogP contribution in [0.4, 0.5) is 5.69 Å². The van der Waals surface area contributed by atoms with Crippen LogP contribution in [0.3, 0.4) is 0 Å². The molecule has 3 aromatic rings. The van der Waals surface area contributed by atoms with Crippen LogP contribution in [0.1, 0.15) is 5.56 Å². The highest BCUT2D eigenvalue weighted by Crippen LogP contribution is 2.36. The van der Waals surface area contributed by atoms with Crippen LogP contribution >= 0.6 is 23.4 Å². The van der Waals surface area contributed by atoms with Crippen molar-refractivity contribution in [2.45, 2.75) is 11.3 Å². The van der Waals surface area contributed by atoms with Gasteiger partial charge in [0.1, 0.15) is 0 Å². The predicted molar refractivity (Wildman–Crippen MR) is 102 cm³/mol. The molecular formula is C19H16ClN3OS. The number of carbonyl (C=O) groups is 1. The fourth-order valence-corrected chi connectivity index (χ4v) is 4.03. The van der Waals surface area contributed by atoms with E-state index in [-0.39, 0.29) is 5.91 Å². The van der Waals surface area contributed by atoms with Crippen LogP contribution in [0.2, 0.25) is 5.02 Å². The van der Waals surface area contributed by atoms with Crippen LogP contribution in [0.5, 0.6) is 0 Å². The molecule has 4 nitrogen and oxygen atoms in total. The van der Waals surface area contributed by atoms with Gasteiger partial charge in [-0.15, -0.1) is 11.8 Å². The number of hydrogen-bond acceptors (Lipinski definition) is 3.